The minimum atomic E-state index is -0.366. The maximum Gasteiger partial charge on any atom is 0.354 e. The molecule has 3 heterocycles. The van der Waals surface area contributed by atoms with Crippen molar-refractivity contribution in [1.82, 2.24) is 15.3 Å². The minimum absolute atomic E-state index is 0.0899. The van der Waals surface area contributed by atoms with Gasteiger partial charge >= 0.3 is 5.97 Å². The molecule has 6 nitrogen and oxygen atoms in total. The number of nitrogens with one attached hydrogen (secondary N) is 2. The molecule has 152 valence electrons. The number of pyridine rings is 1. The number of fused-ring (bicyclic) bond motifs is 1. The highest BCUT2D eigenvalue weighted by Gasteiger charge is 2.17. The van der Waals surface area contributed by atoms with Gasteiger partial charge in [-0.2, -0.15) is 0 Å². The monoisotopic (exact) mass is 419 g/mol. The molecule has 2 N–H and O–H groups in total. The third kappa shape index (κ3) is 3.97. The lowest BCUT2D eigenvalue weighted by atomic mass is 10.0. The van der Waals surface area contributed by atoms with Crippen LogP contribution in [0.15, 0.2) is 54.2 Å². The number of carbonyl (C=O) groups is 2. The zero-order valence-electron chi connectivity index (χ0n) is 16.7. The molecule has 1 amide bonds. The molecule has 0 aliphatic rings. The standard InChI is InChI=1S/C23H21N3O3S/c1-3-29-23(28)20-11-17-10-16(4-5-19(17)26-20)18-13-30-21(14(18)2)22(27)25-12-15-6-8-24-9-7-15/h4-11,13,26H,3,12H2,1-2H3,(H,25,27). The summed E-state index contributed by atoms with van der Waals surface area (Å²) in [5.74, 6) is -0.456. The number of carbonyl (C=O) groups excluding carboxylic acids is 2. The molecule has 3 aromatic heterocycles. The lowest BCUT2D eigenvalue weighted by molar-refractivity contribution is 0.0520. The molecule has 4 rings (SSSR count). The second kappa shape index (κ2) is 8.51. The largest absolute Gasteiger partial charge is 0.461 e. The molecule has 0 bridgehead atoms. The van der Waals surface area contributed by atoms with Crippen molar-refractivity contribution in [2.75, 3.05) is 6.61 Å². The van der Waals surface area contributed by atoms with Crippen LogP contribution in [-0.2, 0) is 11.3 Å². The van der Waals surface area contributed by atoms with Gasteiger partial charge in [0.1, 0.15) is 5.69 Å². The van der Waals surface area contributed by atoms with Gasteiger partial charge in [0.15, 0.2) is 0 Å². The predicted octanol–water partition coefficient (Wildman–Crippen LogP) is 4.71. The molecule has 0 saturated carbocycles. The number of benzene rings is 1. The molecular formula is C23H21N3O3S. The lowest BCUT2D eigenvalue weighted by Crippen LogP contribution is -2.22. The number of H-pyrrole nitrogens is 1. The zero-order chi connectivity index (χ0) is 21.1. The highest BCUT2D eigenvalue weighted by atomic mass is 32.1. The van der Waals surface area contributed by atoms with Gasteiger partial charge in [0.2, 0.25) is 0 Å². The van der Waals surface area contributed by atoms with Gasteiger partial charge in [-0.15, -0.1) is 11.3 Å². The van der Waals surface area contributed by atoms with E-state index in [0.29, 0.717) is 23.7 Å². The van der Waals surface area contributed by atoms with Crippen LogP contribution in [0.2, 0.25) is 0 Å². The Morgan fingerprint density at radius 3 is 2.73 bits per heavy atom. The second-order valence-electron chi connectivity index (χ2n) is 6.85. The average molecular weight is 420 g/mol. The molecule has 0 unspecified atom stereocenters. The van der Waals surface area contributed by atoms with Gasteiger partial charge in [-0.3, -0.25) is 9.78 Å². The van der Waals surface area contributed by atoms with Crippen molar-refractivity contribution < 1.29 is 14.3 Å². The van der Waals surface area contributed by atoms with Crippen LogP contribution < -0.4 is 5.32 Å². The van der Waals surface area contributed by atoms with E-state index in [9.17, 15) is 9.59 Å². The first-order valence-corrected chi connectivity index (χ1v) is 10.5. The van der Waals surface area contributed by atoms with Crippen molar-refractivity contribution in [3.05, 3.63) is 75.9 Å². The first-order valence-electron chi connectivity index (χ1n) is 9.62. The first-order chi connectivity index (χ1) is 14.6. The van der Waals surface area contributed by atoms with Gasteiger partial charge in [0, 0.05) is 29.8 Å². The van der Waals surface area contributed by atoms with Gasteiger partial charge in [0.05, 0.1) is 11.5 Å². The Kier molecular flexibility index (Phi) is 5.63. The average Bonchev–Trinajstić information content (AvgIpc) is 3.36. The van der Waals surface area contributed by atoms with Gasteiger partial charge in [0.25, 0.3) is 5.91 Å². The molecule has 0 saturated heterocycles. The third-order valence-corrected chi connectivity index (χ3v) is 5.96. The number of esters is 1. The number of thiophene rings is 1. The number of hydrogen-bond acceptors (Lipinski definition) is 5. The predicted molar refractivity (Wildman–Crippen MR) is 118 cm³/mol. The number of rotatable bonds is 6. The summed E-state index contributed by atoms with van der Waals surface area (Å²) in [6.07, 6.45) is 3.42. The molecular weight excluding hydrogens is 398 g/mol. The van der Waals surface area contributed by atoms with E-state index in [0.717, 1.165) is 33.2 Å². The molecule has 0 aliphatic heterocycles. The maximum absolute atomic E-state index is 12.7. The molecule has 0 radical (unpaired) electrons. The summed E-state index contributed by atoms with van der Waals surface area (Å²) in [5, 5.41) is 5.88. The fraction of sp³-hybridized carbons (Fsp3) is 0.174. The first kappa shape index (κ1) is 19.8. The minimum Gasteiger partial charge on any atom is -0.461 e. The molecule has 4 aromatic rings. The Morgan fingerprint density at radius 2 is 1.97 bits per heavy atom. The van der Waals surface area contributed by atoms with Crippen LogP contribution in [0.4, 0.5) is 0 Å². The molecule has 0 aliphatic carbocycles. The number of nitrogens with zero attached hydrogens (tertiary/aromatic N) is 1. The summed E-state index contributed by atoms with van der Waals surface area (Å²) in [7, 11) is 0. The summed E-state index contributed by atoms with van der Waals surface area (Å²) in [6.45, 7) is 4.53. The van der Waals surface area contributed by atoms with Crippen molar-refractivity contribution in [1.29, 1.82) is 0 Å². The Hall–Kier alpha value is -3.45. The Balaban J connectivity index is 1.56. The molecule has 30 heavy (non-hydrogen) atoms. The third-order valence-electron chi connectivity index (χ3n) is 4.87. The van der Waals surface area contributed by atoms with E-state index in [1.54, 1.807) is 25.4 Å². The summed E-state index contributed by atoms with van der Waals surface area (Å²) >= 11 is 1.43. The fourth-order valence-corrected chi connectivity index (χ4v) is 4.32. The molecule has 0 fully saturated rings. The second-order valence-corrected chi connectivity index (χ2v) is 7.73. The van der Waals surface area contributed by atoms with Crippen molar-refractivity contribution in [3.8, 4) is 11.1 Å². The number of ether oxygens (including phenoxy) is 1. The van der Waals surface area contributed by atoms with Gasteiger partial charge in [-0.05, 0) is 71.8 Å². The van der Waals surface area contributed by atoms with E-state index < -0.39 is 0 Å². The summed E-state index contributed by atoms with van der Waals surface area (Å²) in [6, 6.07) is 11.5. The normalized spacial score (nSPS) is 10.9. The van der Waals surface area contributed by atoms with E-state index in [1.807, 2.05) is 42.6 Å². The number of amides is 1. The number of aromatic amines is 1. The molecule has 0 atom stereocenters. The van der Waals surface area contributed by atoms with Crippen molar-refractivity contribution in [3.63, 3.8) is 0 Å². The van der Waals surface area contributed by atoms with Crippen molar-refractivity contribution in [2.45, 2.75) is 20.4 Å². The number of aromatic nitrogens is 2. The highest BCUT2D eigenvalue weighted by molar-refractivity contribution is 7.12. The van der Waals surface area contributed by atoms with Crippen LogP contribution in [0.1, 0.15) is 38.2 Å². The number of hydrogen-bond donors (Lipinski definition) is 2. The summed E-state index contributed by atoms with van der Waals surface area (Å²) in [4.78, 5) is 32.4. The lowest BCUT2D eigenvalue weighted by Gasteiger charge is -2.06. The summed E-state index contributed by atoms with van der Waals surface area (Å²) < 4.78 is 5.06. The Labute approximate surface area is 177 Å². The van der Waals surface area contributed by atoms with Gasteiger partial charge < -0.3 is 15.0 Å². The maximum atomic E-state index is 12.7. The summed E-state index contributed by atoms with van der Waals surface area (Å²) in [5.41, 5.74) is 5.25. The van der Waals surface area contributed by atoms with Crippen molar-refractivity contribution >= 4 is 34.1 Å². The van der Waals surface area contributed by atoms with Gasteiger partial charge in [-0.1, -0.05) is 6.07 Å². The van der Waals surface area contributed by atoms with Crippen molar-refractivity contribution in [2.24, 2.45) is 0 Å². The fourth-order valence-electron chi connectivity index (χ4n) is 3.31. The van der Waals surface area contributed by atoms with Crippen LogP contribution in [0.3, 0.4) is 0 Å². The topological polar surface area (TPSA) is 84.1 Å². The van der Waals surface area contributed by atoms with E-state index in [1.165, 1.54) is 11.3 Å². The Morgan fingerprint density at radius 1 is 1.17 bits per heavy atom. The van der Waals surface area contributed by atoms with Gasteiger partial charge in [-0.25, -0.2) is 4.79 Å². The molecule has 1 aromatic carbocycles. The van der Waals surface area contributed by atoms with Crippen LogP contribution in [0.25, 0.3) is 22.0 Å². The van der Waals surface area contributed by atoms with Crippen LogP contribution in [-0.4, -0.2) is 28.5 Å². The molecule has 7 heteroatoms. The zero-order valence-corrected chi connectivity index (χ0v) is 17.5. The highest BCUT2D eigenvalue weighted by Crippen LogP contribution is 2.33. The van der Waals surface area contributed by atoms with E-state index in [4.69, 9.17) is 4.74 Å². The van der Waals surface area contributed by atoms with Crippen LogP contribution >= 0.6 is 11.3 Å². The van der Waals surface area contributed by atoms with Crippen LogP contribution in [0, 0.1) is 6.92 Å². The SMILES string of the molecule is CCOC(=O)c1cc2cc(-c3csc(C(=O)NCc4ccncc4)c3C)ccc2[nH]1. The van der Waals surface area contributed by atoms with Crippen LogP contribution in [0.5, 0.6) is 0 Å². The Bertz CT molecular complexity index is 1210. The molecule has 0 spiro atoms. The van der Waals surface area contributed by atoms with E-state index in [2.05, 4.69) is 15.3 Å². The quantitative estimate of drug-likeness (QED) is 0.444. The van der Waals surface area contributed by atoms with E-state index in [-0.39, 0.29) is 11.9 Å². The van der Waals surface area contributed by atoms with E-state index >= 15 is 0 Å². The smallest absolute Gasteiger partial charge is 0.354 e.